The number of fused-ring (bicyclic) bond motifs is 1. The molecule has 2 N–H and O–H groups in total. The van der Waals surface area contributed by atoms with Crippen LogP contribution in [0, 0.1) is 5.82 Å². The second-order valence-electron chi connectivity index (χ2n) is 5.53. The maximum absolute atomic E-state index is 12.9. The molecule has 1 aliphatic rings. The van der Waals surface area contributed by atoms with Crippen LogP contribution in [0.25, 0.3) is 0 Å². The zero-order valence-corrected chi connectivity index (χ0v) is 15.4. The zero-order chi connectivity index (χ0) is 15.4. The van der Waals surface area contributed by atoms with Crippen molar-refractivity contribution in [2.75, 3.05) is 13.6 Å². The first-order valence-corrected chi connectivity index (χ1v) is 7.53. The Labute approximate surface area is 153 Å². The van der Waals surface area contributed by atoms with Crippen LogP contribution in [0.5, 0.6) is 0 Å². The molecule has 2 aromatic rings. The molecule has 0 heterocycles. The second-order valence-corrected chi connectivity index (χ2v) is 5.53. The molecule has 0 spiro atoms. The van der Waals surface area contributed by atoms with Gasteiger partial charge in [0.2, 0.25) is 0 Å². The van der Waals surface area contributed by atoms with E-state index in [0.29, 0.717) is 12.5 Å². The Morgan fingerprint density at radius 3 is 2.57 bits per heavy atom. The van der Waals surface area contributed by atoms with Crippen LogP contribution in [0.3, 0.4) is 0 Å². The Morgan fingerprint density at radius 2 is 1.87 bits per heavy atom. The third-order valence-corrected chi connectivity index (χ3v) is 4.07. The van der Waals surface area contributed by atoms with Crippen molar-refractivity contribution in [1.29, 1.82) is 0 Å². The standard InChI is InChI=1S/C18H20FN3.HI/c1-20-18(21-11-13-6-8-16(19)9-7-13)22-12-15-10-14-4-2-3-5-17(14)15;/h2-9,15H,10-12H2,1H3,(H2,20,21,22);1H. The smallest absolute Gasteiger partial charge is 0.191 e. The quantitative estimate of drug-likeness (QED) is 0.448. The molecule has 0 saturated carbocycles. The fourth-order valence-electron chi connectivity index (χ4n) is 2.77. The van der Waals surface area contributed by atoms with Gasteiger partial charge in [0.1, 0.15) is 5.82 Å². The topological polar surface area (TPSA) is 36.4 Å². The molecule has 0 aromatic heterocycles. The fraction of sp³-hybridized carbons (Fsp3) is 0.278. The van der Waals surface area contributed by atoms with Crippen molar-refractivity contribution in [2.24, 2.45) is 4.99 Å². The fourth-order valence-corrected chi connectivity index (χ4v) is 2.77. The largest absolute Gasteiger partial charge is 0.356 e. The molecule has 5 heteroatoms. The van der Waals surface area contributed by atoms with Crippen LogP contribution in [0.2, 0.25) is 0 Å². The lowest BCUT2D eigenvalue weighted by molar-refractivity contribution is 0.583. The minimum atomic E-state index is -0.213. The molecule has 2 aromatic carbocycles. The van der Waals surface area contributed by atoms with Gasteiger partial charge in [0.05, 0.1) is 0 Å². The lowest BCUT2D eigenvalue weighted by atomic mass is 9.78. The molecule has 3 rings (SSSR count). The Hall–Kier alpha value is -1.63. The first-order valence-electron chi connectivity index (χ1n) is 7.53. The summed E-state index contributed by atoms with van der Waals surface area (Å²) >= 11 is 0. The molecule has 23 heavy (non-hydrogen) atoms. The lowest BCUT2D eigenvalue weighted by Gasteiger charge is -2.30. The summed E-state index contributed by atoms with van der Waals surface area (Å²) in [7, 11) is 1.76. The summed E-state index contributed by atoms with van der Waals surface area (Å²) in [6.07, 6.45) is 1.12. The first-order chi connectivity index (χ1) is 10.8. The van der Waals surface area contributed by atoms with Gasteiger partial charge in [-0.2, -0.15) is 0 Å². The van der Waals surface area contributed by atoms with Crippen LogP contribution in [-0.4, -0.2) is 19.6 Å². The van der Waals surface area contributed by atoms with Gasteiger partial charge in [-0.3, -0.25) is 4.99 Å². The van der Waals surface area contributed by atoms with Gasteiger partial charge < -0.3 is 10.6 Å². The van der Waals surface area contributed by atoms with Gasteiger partial charge in [0, 0.05) is 26.1 Å². The third-order valence-electron chi connectivity index (χ3n) is 4.07. The van der Waals surface area contributed by atoms with Gasteiger partial charge >= 0.3 is 0 Å². The Bertz CT molecular complexity index is 670. The van der Waals surface area contributed by atoms with E-state index in [1.54, 1.807) is 19.2 Å². The molecule has 122 valence electrons. The molecule has 3 nitrogen and oxygen atoms in total. The average molecular weight is 425 g/mol. The van der Waals surface area contributed by atoms with Gasteiger partial charge in [0.15, 0.2) is 5.96 Å². The maximum Gasteiger partial charge on any atom is 0.191 e. The van der Waals surface area contributed by atoms with Crippen molar-refractivity contribution in [3.8, 4) is 0 Å². The van der Waals surface area contributed by atoms with Crippen LogP contribution in [0.4, 0.5) is 4.39 Å². The van der Waals surface area contributed by atoms with Crippen molar-refractivity contribution >= 4 is 29.9 Å². The van der Waals surface area contributed by atoms with E-state index in [2.05, 4.69) is 39.9 Å². The Balaban J connectivity index is 0.00000192. The highest BCUT2D eigenvalue weighted by molar-refractivity contribution is 14.0. The van der Waals surface area contributed by atoms with Gasteiger partial charge in [0.25, 0.3) is 0 Å². The summed E-state index contributed by atoms with van der Waals surface area (Å²) in [5, 5.41) is 6.61. The summed E-state index contributed by atoms with van der Waals surface area (Å²) in [6, 6.07) is 15.1. The molecule has 0 aliphatic heterocycles. The highest BCUT2D eigenvalue weighted by atomic mass is 127. The van der Waals surface area contributed by atoms with Gasteiger partial charge in [-0.15, -0.1) is 24.0 Å². The van der Waals surface area contributed by atoms with Crippen LogP contribution in [-0.2, 0) is 13.0 Å². The van der Waals surface area contributed by atoms with Crippen LogP contribution in [0.1, 0.15) is 22.6 Å². The van der Waals surface area contributed by atoms with Crippen molar-refractivity contribution in [1.82, 2.24) is 10.6 Å². The van der Waals surface area contributed by atoms with Crippen molar-refractivity contribution in [3.63, 3.8) is 0 Å². The minimum absolute atomic E-state index is 0. The van der Waals surface area contributed by atoms with Gasteiger partial charge in [-0.25, -0.2) is 4.39 Å². The highest BCUT2D eigenvalue weighted by Gasteiger charge is 2.25. The van der Waals surface area contributed by atoms with Crippen molar-refractivity contribution in [2.45, 2.75) is 18.9 Å². The van der Waals surface area contributed by atoms with E-state index < -0.39 is 0 Å². The van der Waals surface area contributed by atoms with Crippen LogP contribution in [0.15, 0.2) is 53.5 Å². The number of nitrogens with zero attached hydrogens (tertiary/aromatic N) is 1. The van der Waals surface area contributed by atoms with E-state index in [-0.39, 0.29) is 29.8 Å². The predicted molar refractivity (Wildman–Crippen MR) is 103 cm³/mol. The molecule has 1 atom stereocenters. The summed E-state index contributed by atoms with van der Waals surface area (Å²) < 4.78 is 12.9. The Morgan fingerprint density at radius 1 is 1.13 bits per heavy atom. The minimum Gasteiger partial charge on any atom is -0.356 e. The van der Waals surface area contributed by atoms with Crippen LogP contribution < -0.4 is 10.6 Å². The average Bonchev–Trinajstić information content (AvgIpc) is 2.53. The molecule has 0 saturated heterocycles. The summed E-state index contributed by atoms with van der Waals surface area (Å²) in [5.74, 6) is 1.11. The molecular formula is C18H21FIN3. The number of halogens is 2. The maximum atomic E-state index is 12.9. The molecule has 0 bridgehead atoms. The summed E-state index contributed by atoms with van der Waals surface area (Å²) in [5.41, 5.74) is 3.91. The second kappa shape index (κ2) is 8.29. The van der Waals surface area contributed by atoms with E-state index in [9.17, 15) is 4.39 Å². The van der Waals surface area contributed by atoms with E-state index in [1.165, 1.54) is 23.3 Å². The van der Waals surface area contributed by atoms with E-state index in [1.807, 2.05) is 0 Å². The monoisotopic (exact) mass is 425 g/mol. The lowest BCUT2D eigenvalue weighted by Crippen LogP contribution is -2.40. The highest BCUT2D eigenvalue weighted by Crippen LogP contribution is 2.33. The number of hydrogen-bond acceptors (Lipinski definition) is 1. The number of hydrogen-bond donors (Lipinski definition) is 2. The Kier molecular flexibility index (Phi) is 6.38. The first kappa shape index (κ1) is 17.7. The molecule has 0 amide bonds. The number of aliphatic imine (C=N–C) groups is 1. The van der Waals surface area contributed by atoms with Gasteiger partial charge in [-0.1, -0.05) is 36.4 Å². The van der Waals surface area contributed by atoms with Crippen LogP contribution >= 0.6 is 24.0 Å². The molecule has 0 radical (unpaired) electrons. The number of guanidine groups is 1. The SMILES string of the molecule is CN=C(NCc1ccc(F)cc1)NCC1Cc2ccccc21.I. The number of benzene rings is 2. The predicted octanol–water partition coefficient (Wildman–Crippen LogP) is 3.45. The molecule has 1 aliphatic carbocycles. The van der Waals surface area contributed by atoms with E-state index >= 15 is 0 Å². The molecule has 1 unspecified atom stereocenters. The summed E-state index contributed by atoms with van der Waals surface area (Å²) in [6.45, 7) is 1.50. The summed E-state index contributed by atoms with van der Waals surface area (Å²) in [4.78, 5) is 4.23. The number of nitrogens with one attached hydrogen (secondary N) is 2. The zero-order valence-electron chi connectivity index (χ0n) is 13.1. The molecular weight excluding hydrogens is 404 g/mol. The molecule has 0 fully saturated rings. The number of rotatable bonds is 4. The van der Waals surface area contributed by atoms with Gasteiger partial charge in [-0.05, 0) is 35.2 Å². The van der Waals surface area contributed by atoms with Crippen molar-refractivity contribution in [3.05, 3.63) is 71.0 Å². The van der Waals surface area contributed by atoms with E-state index in [4.69, 9.17) is 0 Å². The van der Waals surface area contributed by atoms with Crippen molar-refractivity contribution < 1.29 is 4.39 Å². The third kappa shape index (κ3) is 4.43. The normalized spacial score (nSPS) is 15.9. The van der Waals surface area contributed by atoms with E-state index in [0.717, 1.165) is 24.5 Å².